The molecule has 0 amide bonds. The number of aliphatic hydroxyl groups excluding tert-OH is 2. The second kappa shape index (κ2) is 18.5. The molecule has 3 aliphatic heterocycles. The standard InChI is InChI=1S/C40H60N2O6/c43-35-14-5-3-1-2-4-13-33(35)34-29-41(19-8-6-11-31-15-17-37-39(27-31)47-25-23-45-37)21-10-22-42(30-36(34)44)20-9-7-12-32-16-18-38-40(28-32)48-26-24-46-38/h15-18,27-28,33-36,43-44H,1-14,19-26,29-30H2. The van der Waals surface area contributed by atoms with E-state index in [9.17, 15) is 10.2 Å². The predicted molar refractivity (Wildman–Crippen MR) is 190 cm³/mol. The van der Waals surface area contributed by atoms with Gasteiger partial charge in [-0.1, -0.05) is 44.2 Å². The van der Waals surface area contributed by atoms with Gasteiger partial charge in [-0.05, 0) is 125 Å². The van der Waals surface area contributed by atoms with Gasteiger partial charge >= 0.3 is 0 Å². The third-order valence-corrected chi connectivity index (χ3v) is 11.0. The molecule has 2 N–H and O–H groups in total. The normalized spacial score (nSPS) is 26.0. The van der Waals surface area contributed by atoms with E-state index in [1.54, 1.807) is 0 Å². The van der Waals surface area contributed by atoms with Crippen molar-refractivity contribution >= 4 is 0 Å². The Kier molecular flexibility index (Phi) is 13.6. The number of ether oxygens (including phenoxy) is 4. The lowest BCUT2D eigenvalue weighted by atomic mass is 9.78. The van der Waals surface area contributed by atoms with Gasteiger partial charge in [-0.2, -0.15) is 0 Å². The molecular weight excluding hydrogens is 604 g/mol. The average Bonchev–Trinajstić information content (AvgIpc) is 3.26. The first-order valence-corrected chi connectivity index (χ1v) is 19.2. The van der Waals surface area contributed by atoms with E-state index in [4.69, 9.17) is 18.9 Å². The summed E-state index contributed by atoms with van der Waals surface area (Å²) >= 11 is 0. The number of aliphatic hydroxyl groups is 2. The summed E-state index contributed by atoms with van der Waals surface area (Å²) in [5.41, 5.74) is 2.60. The predicted octanol–water partition coefficient (Wildman–Crippen LogP) is 6.28. The monoisotopic (exact) mass is 664 g/mol. The molecule has 48 heavy (non-hydrogen) atoms. The van der Waals surface area contributed by atoms with Crippen LogP contribution < -0.4 is 18.9 Å². The van der Waals surface area contributed by atoms with E-state index < -0.39 is 6.10 Å². The Morgan fingerprint density at radius 3 is 1.65 bits per heavy atom. The van der Waals surface area contributed by atoms with Crippen LogP contribution in [0.15, 0.2) is 36.4 Å². The maximum Gasteiger partial charge on any atom is 0.161 e. The van der Waals surface area contributed by atoms with Gasteiger partial charge in [-0.3, -0.25) is 0 Å². The quantitative estimate of drug-likeness (QED) is 0.272. The van der Waals surface area contributed by atoms with Crippen LogP contribution in [-0.2, 0) is 12.8 Å². The SMILES string of the molecule is OC1CCCCCCCC1C1CN(CCCCc2ccc3c(c2)OCCO3)CCCN(CCCCc2ccc3c(c2)OCCO3)CC1O. The molecule has 8 nitrogen and oxygen atoms in total. The van der Waals surface area contributed by atoms with Crippen molar-refractivity contribution in [3.05, 3.63) is 47.5 Å². The van der Waals surface area contributed by atoms with Crippen molar-refractivity contribution in [3.8, 4) is 23.0 Å². The molecule has 0 radical (unpaired) electrons. The van der Waals surface area contributed by atoms with Crippen LogP contribution in [0.4, 0.5) is 0 Å². The first-order valence-electron chi connectivity index (χ1n) is 19.2. The van der Waals surface area contributed by atoms with E-state index in [-0.39, 0.29) is 17.9 Å². The summed E-state index contributed by atoms with van der Waals surface area (Å²) in [6.45, 7) is 8.14. The van der Waals surface area contributed by atoms with Crippen molar-refractivity contribution < 1.29 is 29.2 Å². The van der Waals surface area contributed by atoms with Crippen molar-refractivity contribution in [2.75, 3.05) is 65.7 Å². The summed E-state index contributed by atoms with van der Waals surface area (Å²) in [5.74, 6) is 3.70. The van der Waals surface area contributed by atoms with Gasteiger partial charge in [0.05, 0.1) is 12.2 Å². The molecule has 4 unspecified atom stereocenters. The van der Waals surface area contributed by atoms with Crippen LogP contribution in [0, 0.1) is 11.8 Å². The average molecular weight is 665 g/mol. The Hall–Kier alpha value is -2.52. The van der Waals surface area contributed by atoms with Crippen molar-refractivity contribution in [3.63, 3.8) is 0 Å². The topological polar surface area (TPSA) is 83.9 Å². The number of benzene rings is 2. The van der Waals surface area contributed by atoms with Gasteiger partial charge in [0.15, 0.2) is 23.0 Å². The molecule has 0 aromatic heterocycles. The summed E-state index contributed by atoms with van der Waals surface area (Å²) in [6, 6.07) is 12.7. The molecule has 3 heterocycles. The molecule has 266 valence electrons. The zero-order valence-corrected chi connectivity index (χ0v) is 29.2. The van der Waals surface area contributed by atoms with Crippen LogP contribution in [0.3, 0.4) is 0 Å². The van der Waals surface area contributed by atoms with Crippen LogP contribution >= 0.6 is 0 Å². The van der Waals surface area contributed by atoms with Crippen LogP contribution in [-0.4, -0.2) is 97.9 Å². The second-order valence-corrected chi connectivity index (χ2v) is 14.6. The molecule has 4 atom stereocenters. The van der Waals surface area contributed by atoms with Gasteiger partial charge in [-0.15, -0.1) is 0 Å². The van der Waals surface area contributed by atoms with Crippen molar-refractivity contribution in [2.45, 2.75) is 102 Å². The van der Waals surface area contributed by atoms with Crippen LogP contribution in [0.1, 0.15) is 88.2 Å². The highest BCUT2D eigenvalue weighted by atomic mass is 16.6. The molecule has 1 aliphatic carbocycles. The molecule has 0 spiro atoms. The maximum absolute atomic E-state index is 11.9. The number of aryl methyl sites for hydroxylation is 2. The number of nitrogens with zero attached hydrogens (tertiary/aromatic N) is 2. The number of rotatable bonds is 11. The van der Waals surface area contributed by atoms with Gasteiger partial charge < -0.3 is 39.0 Å². The van der Waals surface area contributed by atoms with Crippen LogP contribution in [0.25, 0.3) is 0 Å². The highest BCUT2D eigenvalue weighted by Crippen LogP contribution is 2.34. The van der Waals surface area contributed by atoms with E-state index >= 15 is 0 Å². The maximum atomic E-state index is 11.9. The minimum atomic E-state index is -0.429. The smallest absolute Gasteiger partial charge is 0.161 e. The van der Waals surface area contributed by atoms with E-state index in [0.717, 1.165) is 126 Å². The van der Waals surface area contributed by atoms with Crippen molar-refractivity contribution in [2.24, 2.45) is 11.8 Å². The lowest BCUT2D eigenvalue weighted by Crippen LogP contribution is -2.46. The van der Waals surface area contributed by atoms with Gasteiger partial charge in [0.1, 0.15) is 26.4 Å². The molecule has 2 aromatic rings. The number of hydrogen-bond donors (Lipinski definition) is 2. The fourth-order valence-corrected chi connectivity index (χ4v) is 8.33. The van der Waals surface area contributed by atoms with Gasteiger partial charge in [0, 0.05) is 19.0 Å². The van der Waals surface area contributed by atoms with Gasteiger partial charge in [0.25, 0.3) is 0 Å². The second-order valence-electron chi connectivity index (χ2n) is 14.6. The molecule has 2 fully saturated rings. The zero-order chi connectivity index (χ0) is 33.0. The molecule has 4 aliphatic rings. The third-order valence-electron chi connectivity index (χ3n) is 11.0. The third kappa shape index (κ3) is 10.3. The minimum absolute atomic E-state index is 0.0919. The lowest BCUT2D eigenvalue weighted by Gasteiger charge is -2.38. The van der Waals surface area contributed by atoms with E-state index in [2.05, 4.69) is 34.1 Å². The number of β-amino-alcohol motifs (C(OH)–C–C–N with tert-alkyl or cyclic N) is 1. The summed E-state index contributed by atoms with van der Waals surface area (Å²) in [7, 11) is 0. The molecule has 6 rings (SSSR count). The van der Waals surface area contributed by atoms with E-state index in [0.29, 0.717) is 33.0 Å². The van der Waals surface area contributed by atoms with Gasteiger partial charge in [-0.25, -0.2) is 0 Å². The first kappa shape index (κ1) is 35.3. The molecule has 8 heteroatoms. The van der Waals surface area contributed by atoms with E-state index in [1.165, 1.54) is 30.4 Å². The molecule has 1 saturated carbocycles. The lowest BCUT2D eigenvalue weighted by molar-refractivity contribution is -0.0237. The number of fused-ring (bicyclic) bond motifs is 2. The molecule has 1 saturated heterocycles. The Balaban J connectivity index is 1.04. The molecular formula is C40H60N2O6. The molecule has 2 aromatic carbocycles. The summed E-state index contributed by atoms with van der Waals surface area (Å²) in [5, 5.41) is 23.4. The molecule has 0 bridgehead atoms. The van der Waals surface area contributed by atoms with E-state index in [1.807, 2.05) is 12.1 Å². The fourth-order valence-electron chi connectivity index (χ4n) is 8.33. The Morgan fingerprint density at radius 2 is 1.04 bits per heavy atom. The zero-order valence-electron chi connectivity index (χ0n) is 29.2. The number of unbranched alkanes of at least 4 members (excludes halogenated alkanes) is 2. The highest BCUT2D eigenvalue weighted by Gasteiger charge is 2.36. The van der Waals surface area contributed by atoms with Crippen LogP contribution in [0.5, 0.6) is 23.0 Å². The highest BCUT2D eigenvalue weighted by molar-refractivity contribution is 5.44. The number of hydrogen-bond acceptors (Lipinski definition) is 8. The van der Waals surface area contributed by atoms with Crippen molar-refractivity contribution in [1.82, 2.24) is 9.80 Å². The summed E-state index contributed by atoms with van der Waals surface area (Å²) in [4.78, 5) is 5.12. The van der Waals surface area contributed by atoms with Crippen molar-refractivity contribution in [1.29, 1.82) is 0 Å². The Labute approximate surface area is 288 Å². The van der Waals surface area contributed by atoms with Crippen LogP contribution in [0.2, 0.25) is 0 Å². The first-order chi connectivity index (χ1) is 23.6. The summed E-state index contributed by atoms with van der Waals surface area (Å²) < 4.78 is 23.0. The van der Waals surface area contributed by atoms with Gasteiger partial charge in [0.2, 0.25) is 0 Å². The fraction of sp³-hybridized carbons (Fsp3) is 0.700. The Bertz CT molecular complexity index is 1260. The minimum Gasteiger partial charge on any atom is -0.486 e. The largest absolute Gasteiger partial charge is 0.486 e. The Morgan fingerprint density at radius 1 is 0.521 bits per heavy atom. The summed E-state index contributed by atoms with van der Waals surface area (Å²) in [6.07, 6.45) is 14.7.